The topological polar surface area (TPSA) is 98.2 Å². The molecule has 2 aliphatic rings. The van der Waals surface area contributed by atoms with E-state index in [1.165, 1.54) is 12.0 Å². The number of benzene rings is 2. The van der Waals surface area contributed by atoms with Crippen LogP contribution in [-0.4, -0.2) is 42.1 Å². The fraction of sp³-hybridized carbons (Fsp3) is 0.160. The lowest BCUT2D eigenvalue weighted by atomic mass is 9.95. The number of nitrogens with zero attached hydrogens (tertiary/aromatic N) is 2. The van der Waals surface area contributed by atoms with Gasteiger partial charge >= 0.3 is 0 Å². The zero-order valence-electron chi connectivity index (χ0n) is 17.7. The number of Topliss-reactive ketones (excluding diaryl/α,β-unsaturated/α-hetero) is 1. The molecule has 1 N–H and O–H groups in total. The number of amides is 1. The van der Waals surface area contributed by atoms with Crippen molar-refractivity contribution in [1.82, 2.24) is 4.98 Å². The first kappa shape index (κ1) is 20.6. The van der Waals surface area contributed by atoms with Gasteiger partial charge in [-0.3, -0.25) is 19.5 Å². The molecule has 1 fully saturated rings. The van der Waals surface area contributed by atoms with Crippen molar-refractivity contribution in [1.29, 1.82) is 0 Å². The van der Waals surface area contributed by atoms with E-state index in [9.17, 15) is 14.7 Å². The SMILES string of the molecule is COc1cccc(N2C(=O)C(=O)/C(=C(\O)c3ccc4c(c3)OCCO4)C2c2ccncc2)c1. The minimum atomic E-state index is -0.853. The van der Waals surface area contributed by atoms with Crippen LogP contribution in [0.3, 0.4) is 0 Å². The van der Waals surface area contributed by atoms with Crippen LogP contribution in [0.4, 0.5) is 5.69 Å². The van der Waals surface area contributed by atoms with Crippen LogP contribution in [0.5, 0.6) is 17.2 Å². The van der Waals surface area contributed by atoms with E-state index in [1.807, 2.05) is 0 Å². The van der Waals surface area contributed by atoms with E-state index in [2.05, 4.69) is 4.98 Å². The summed E-state index contributed by atoms with van der Waals surface area (Å²) in [6.45, 7) is 0.820. The number of methoxy groups -OCH3 is 1. The van der Waals surface area contributed by atoms with E-state index in [0.717, 1.165) is 0 Å². The number of ether oxygens (including phenoxy) is 3. The lowest BCUT2D eigenvalue weighted by Crippen LogP contribution is -2.29. The van der Waals surface area contributed by atoms with Crippen molar-refractivity contribution in [2.75, 3.05) is 25.2 Å². The molecule has 1 amide bonds. The van der Waals surface area contributed by atoms with E-state index in [4.69, 9.17) is 14.2 Å². The third-order valence-electron chi connectivity index (χ3n) is 5.61. The first-order valence-corrected chi connectivity index (χ1v) is 10.3. The first-order chi connectivity index (χ1) is 16.1. The van der Waals surface area contributed by atoms with Gasteiger partial charge in [-0.25, -0.2) is 0 Å². The van der Waals surface area contributed by atoms with Crippen molar-refractivity contribution in [3.63, 3.8) is 0 Å². The Kier molecular flexibility index (Phi) is 5.18. The molecule has 5 rings (SSSR count). The van der Waals surface area contributed by atoms with Gasteiger partial charge in [-0.15, -0.1) is 0 Å². The number of hydrogen-bond acceptors (Lipinski definition) is 7. The summed E-state index contributed by atoms with van der Waals surface area (Å²) in [7, 11) is 1.52. The standard InChI is InChI=1S/C25H20N2O6/c1-31-18-4-2-3-17(14-18)27-22(15-7-9-26-10-8-15)21(24(29)25(27)30)23(28)16-5-6-19-20(13-16)33-12-11-32-19/h2-10,13-14,22,28H,11-12H2,1H3/b23-21-. The highest BCUT2D eigenvalue weighted by atomic mass is 16.6. The number of ketones is 1. The Balaban J connectivity index is 1.68. The number of aliphatic hydroxyl groups is 1. The van der Waals surface area contributed by atoms with Crippen molar-refractivity contribution < 1.29 is 28.9 Å². The molecule has 3 aromatic rings. The molecule has 0 saturated carbocycles. The van der Waals surface area contributed by atoms with Crippen LogP contribution < -0.4 is 19.1 Å². The fourth-order valence-corrected chi connectivity index (χ4v) is 4.07. The molecule has 0 spiro atoms. The highest BCUT2D eigenvalue weighted by Gasteiger charge is 2.47. The van der Waals surface area contributed by atoms with Crippen LogP contribution in [0.25, 0.3) is 5.76 Å². The van der Waals surface area contributed by atoms with Crippen molar-refractivity contribution in [2.24, 2.45) is 0 Å². The summed E-state index contributed by atoms with van der Waals surface area (Å²) >= 11 is 0. The van der Waals surface area contributed by atoms with Gasteiger partial charge in [0.1, 0.15) is 24.7 Å². The van der Waals surface area contributed by atoms with Crippen LogP contribution >= 0.6 is 0 Å². The molecule has 1 saturated heterocycles. The van der Waals surface area contributed by atoms with Gasteiger partial charge in [0.15, 0.2) is 11.5 Å². The highest BCUT2D eigenvalue weighted by molar-refractivity contribution is 6.51. The lowest BCUT2D eigenvalue weighted by Gasteiger charge is -2.25. The minimum Gasteiger partial charge on any atom is -0.507 e. The molecule has 2 aromatic carbocycles. The molecule has 8 nitrogen and oxygen atoms in total. The number of aliphatic hydroxyl groups excluding tert-OH is 1. The average Bonchev–Trinajstić information content (AvgIpc) is 3.14. The number of carbonyl (C=O) groups is 2. The maximum Gasteiger partial charge on any atom is 0.300 e. The van der Waals surface area contributed by atoms with Gasteiger partial charge in [0, 0.05) is 29.7 Å². The second kappa shape index (κ2) is 8.31. The summed E-state index contributed by atoms with van der Waals surface area (Å²) in [5, 5.41) is 11.3. The van der Waals surface area contributed by atoms with E-state index in [1.54, 1.807) is 67.0 Å². The third-order valence-corrected chi connectivity index (χ3v) is 5.61. The van der Waals surface area contributed by atoms with Gasteiger partial charge in [0.05, 0.1) is 18.7 Å². The number of aromatic nitrogens is 1. The quantitative estimate of drug-likeness (QED) is 0.374. The van der Waals surface area contributed by atoms with Crippen molar-refractivity contribution in [2.45, 2.75) is 6.04 Å². The summed E-state index contributed by atoms with van der Waals surface area (Å²) in [6.07, 6.45) is 3.15. The number of fused-ring (bicyclic) bond motifs is 1. The Morgan fingerprint density at radius 2 is 1.79 bits per heavy atom. The molecule has 166 valence electrons. The first-order valence-electron chi connectivity index (χ1n) is 10.3. The fourth-order valence-electron chi connectivity index (χ4n) is 4.07. The maximum atomic E-state index is 13.2. The minimum absolute atomic E-state index is 0.0225. The number of pyridine rings is 1. The molecule has 1 atom stereocenters. The van der Waals surface area contributed by atoms with Crippen molar-refractivity contribution in [3.8, 4) is 17.2 Å². The maximum absolute atomic E-state index is 13.2. The van der Waals surface area contributed by atoms with E-state index in [0.29, 0.717) is 47.3 Å². The van der Waals surface area contributed by atoms with Crippen LogP contribution in [0.2, 0.25) is 0 Å². The Morgan fingerprint density at radius 1 is 1.03 bits per heavy atom. The second-order valence-corrected chi connectivity index (χ2v) is 7.51. The van der Waals surface area contributed by atoms with Crippen molar-refractivity contribution >= 4 is 23.1 Å². The summed E-state index contributed by atoms with van der Waals surface area (Å²) in [5.74, 6) is -0.267. The van der Waals surface area contributed by atoms with Gasteiger partial charge in [-0.05, 0) is 48.0 Å². The second-order valence-electron chi connectivity index (χ2n) is 7.51. The van der Waals surface area contributed by atoms with Gasteiger partial charge in [-0.1, -0.05) is 6.07 Å². The summed E-state index contributed by atoms with van der Waals surface area (Å²) in [6, 6.07) is 14.3. The lowest BCUT2D eigenvalue weighted by molar-refractivity contribution is -0.132. The molecule has 0 bridgehead atoms. The van der Waals surface area contributed by atoms with Gasteiger partial charge in [0.25, 0.3) is 11.7 Å². The molecule has 1 aromatic heterocycles. The molecule has 2 aliphatic heterocycles. The summed E-state index contributed by atoms with van der Waals surface area (Å²) in [4.78, 5) is 31.8. The number of hydrogen-bond donors (Lipinski definition) is 1. The molecular weight excluding hydrogens is 424 g/mol. The molecule has 8 heteroatoms. The molecular formula is C25H20N2O6. The monoisotopic (exact) mass is 444 g/mol. The number of anilines is 1. The normalized spacial score (nSPS) is 18.9. The Morgan fingerprint density at radius 3 is 2.55 bits per heavy atom. The molecule has 33 heavy (non-hydrogen) atoms. The van der Waals surface area contributed by atoms with E-state index < -0.39 is 17.7 Å². The Hall–Kier alpha value is -4.33. The Bertz CT molecular complexity index is 1270. The largest absolute Gasteiger partial charge is 0.507 e. The van der Waals surface area contributed by atoms with E-state index in [-0.39, 0.29) is 11.3 Å². The average molecular weight is 444 g/mol. The van der Waals surface area contributed by atoms with Crippen LogP contribution in [0.15, 0.2) is 72.6 Å². The van der Waals surface area contributed by atoms with Gasteiger partial charge in [0.2, 0.25) is 0 Å². The smallest absolute Gasteiger partial charge is 0.300 e. The van der Waals surface area contributed by atoms with Crippen molar-refractivity contribution in [3.05, 3.63) is 83.7 Å². The molecule has 1 unspecified atom stereocenters. The zero-order valence-corrected chi connectivity index (χ0v) is 17.7. The number of carbonyl (C=O) groups excluding carboxylic acids is 2. The van der Waals surface area contributed by atoms with Crippen LogP contribution in [0.1, 0.15) is 17.2 Å². The molecule has 3 heterocycles. The number of rotatable bonds is 4. The van der Waals surface area contributed by atoms with Gasteiger partial charge in [-0.2, -0.15) is 0 Å². The highest BCUT2D eigenvalue weighted by Crippen LogP contribution is 2.43. The van der Waals surface area contributed by atoms with Crippen LogP contribution in [0, 0.1) is 0 Å². The van der Waals surface area contributed by atoms with E-state index >= 15 is 0 Å². The Labute approximate surface area is 189 Å². The third kappa shape index (κ3) is 3.55. The molecule has 0 radical (unpaired) electrons. The molecule has 0 aliphatic carbocycles. The summed E-state index contributed by atoms with van der Waals surface area (Å²) in [5.41, 5.74) is 1.43. The van der Waals surface area contributed by atoms with Gasteiger partial charge < -0.3 is 19.3 Å². The summed E-state index contributed by atoms with van der Waals surface area (Å²) < 4.78 is 16.4. The van der Waals surface area contributed by atoms with Crippen LogP contribution in [-0.2, 0) is 9.59 Å². The predicted octanol–water partition coefficient (Wildman–Crippen LogP) is 3.49. The predicted molar refractivity (Wildman–Crippen MR) is 119 cm³/mol. The zero-order chi connectivity index (χ0) is 22.9.